The van der Waals surface area contributed by atoms with Crippen molar-refractivity contribution in [2.45, 2.75) is 51.5 Å². The highest BCUT2D eigenvalue weighted by Gasteiger charge is 2.32. The molecule has 0 radical (unpaired) electrons. The van der Waals surface area contributed by atoms with Gasteiger partial charge in [0.05, 0.1) is 30.7 Å². The maximum atomic E-state index is 13.4. The maximum absolute atomic E-state index is 13.4. The maximum Gasteiger partial charge on any atom is 0.339 e. The van der Waals surface area contributed by atoms with E-state index in [1.807, 2.05) is 30.3 Å². The van der Waals surface area contributed by atoms with Crippen LogP contribution in [0.4, 0.5) is 0 Å². The molecule has 1 fully saturated rings. The number of aryl methyl sites for hydroxylation is 2. The normalized spacial score (nSPS) is 16.3. The molecular weight excluding hydrogens is 604 g/mol. The molecule has 242 valence electrons. The van der Waals surface area contributed by atoms with Gasteiger partial charge in [0, 0.05) is 29.1 Å². The van der Waals surface area contributed by atoms with Crippen LogP contribution in [0.3, 0.4) is 0 Å². The molecule has 46 heavy (non-hydrogen) atoms. The fourth-order valence-electron chi connectivity index (χ4n) is 7.21. The van der Waals surface area contributed by atoms with E-state index < -0.39 is 21.8 Å². The summed E-state index contributed by atoms with van der Waals surface area (Å²) in [6, 6.07) is 11.5. The van der Waals surface area contributed by atoms with Crippen LogP contribution in [0.25, 0.3) is 33.8 Å². The summed E-state index contributed by atoms with van der Waals surface area (Å²) in [6.07, 6.45) is 7.60. The zero-order valence-corrected chi connectivity index (χ0v) is 27.7. The summed E-state index contributed by atoms with van der Waals surface area (Å²) in [5, 5.41) is 15.7. The van der Waals surface area contributed by atoms with E-state index >= 15 is 0 Å². The van der Waals surface area contributed by atoms with Crippen molar-refractivity contribution >= 4 is 44.3 Å². The van der Waals surface area contributed by atoms with Crippen molar-refractivity contribution in [1.29, 1.82) is 4.78 Å². The number of aromatic nitrogens is 3. The Labute approximate surface area is 269 Å². The molecule has 0 saturated heterocycles. The van der Waals surface area contributed by atoms with E-state index in [-0.39, 0.29) is 11.4 Å². The molecule has 1 unspecified atom stereocenters. The second-order valence-electron chi connectivity index (χ2n) is 12.6. The van der Waals surface area contributed by atoms with Gasteiger partial charge in [-0.1, -0.05) is 25.3 Å². The molecule has 1 saturated carbocycles. The second-order valence-corrected chi connectivity index (χ2v) is 14.4. The number of rotatable bonds is 8. The summed E-state index contributed by atoms with van der Waals surface area (Å²) in [7, 11) is 3.39. The Morgan fingerprint density at radius 2 is 1.87 bits per heavy atom. The van der Waals surface area contributed by atoms with Gasteiger partial charge in [-0.2, -0.15) is 5.10 Å². The number of carbonyl (C=O) groups is 2. The monoisotopic (exact) mass is 644 g/mol. The highest BCUT2D eigenvalue weighted by molar-refractivity contribution is 7.91. The predicted octanol–water partition coefficient (Wildman–Crippen LogP) is 5.87. The minimum absolute atomic E-state index is 0.0994. The number of amides is 1. The number of benzene rings is 2. The number of carboxylic acids is 1. The number of fused-ring (bicyclic) bond motifs is 5. The van der Waals surface area contributed by atoms with Gasteiger partial charge in [-0.25, -0.2) is 13.8 Å². The molecule has 1 aliphatic carbocycles. The summed E-state index contributed by atoms with van der Waals surface area (Å²) < 4.78 is 32.9. The molecule has 3 heterocycles. The number of nitrogens with zero attached hydrogens (tertiary/aromatic N) is 4. The van der Waals surface area contributed by atoms with Crippen LogP contribution in [-0.2, 0) is 23.5 Å². The smallest absolute Gasteiger partial charge is 0.339 e. The average Bonchev–Trinajstić information content (AvgIpc) is 3.41. The van der Waals surface area contributed by atoms with E-state index in [9.17, 15) is 18.9 Å². The Hall–Kier alpha value is -4.42. The molecule has 12 heteroatoms. The lowest BCUT2D eigenvalue weighted by Gasteiger charge is -2.24. The lowest BCUT2D eigenvalue weighted by molar-refractivity contribution is 0.0695. The van der Waals surface area contributed by atoms with Gasteiger partial charge in [-0.05, 0) is 92.9 Å². The van der Waals surface area contributed by atoms with Crippen molar-refractivity contribution in [3.63, 3.8) is 0 Å². The van der Waals surface area contributed by atoms with Gasteiger partial charge in [-0.15, -0.1) is 0 Å². The molecule has 11 nitrogen and oxygen atoms in total. The molecule has 1 amide bonds. The van der Waals surface area contributed by atoms with Crippen LogP contribution in [0.5, 0.6) is 5.75 Å². The number of hydrogen-bond donors (Lipinski definition) is 3. The van der Waals surface area contributed by atoms with Gasteiger partial charge < -0.3 is 14.4 Å². The Morgan fingerprint density at radius 3 is 2.54 bits per heavy atom. The molecule has 4 aromatic rings. The number of carbonyl (C=O) groups excluding carboxylic acids is 1. The van der Waals surface area contributed by atoms with E-state index in [0.717, 1.165) is 59.0 Å². The van der Waals surface area contributed by atoms with Crippen molar-refractivity contribution in [2.75, 3.05) is 27.1 Å². The van der Waals surface area contributed by atoms with Gasteiger partial charge in [0.15, 0.2) is 0 Å². The van der Waals surface area contributed by atoms with Crippen molar-refractivity contribution in [3.05, 3.63) is 70.0 Å². The minimum Gasteiger partial charge on any atom is -0.497 e. The van der Waals surface area contributed by atoms with Crippen LogP contribution < -0.4 is 9.46 Å². The summed E-state index contributed by atoms with van der Waals surface area (Å²) in [6.45, 7) is 2.03. The standard InChI is InChI=1S/C34H40N6O5S/c1-20-29(34(42)43)31(39(4)36-20)24-15-23-16-25(45-5)12-14-26(23)32-30(21-9-7-6-8-10-21)27-13-11-22(17-28(27)40(32)18-24)33(41)37-46(35,44)19-38(2)3/h11-17,21H,6-10,18-19H2,1-5H3,(H,42,43)(H2,35,37,41,44). The molecule has 2 aromatic carbocycles. The summed E-state index contributed by atoms with van der Waals surface area (Å²) >= 11 is 0. The quantitative estimate of drug-likeness (QED) is 0.218. The molecule has 3 N–H and O–H groups in total. The molecule has 2 aromatic heterocycles. The summed E-state index contributed by atoms with van der Waals surface area (Å²) in [5.41, 5.74) is 7.12. The van der Waals surface area contributed by atoms with Crippen molar-refractivity contribution < 1.29 is 23.6 Å². The van der Waals surface area contributed by atoms with Crippen LogP contribution >= 0.6 is 0 Å². The van der Waals surface area contributed by atoms with Crippen LogP contribution in [0, 0.1) is 11.7 Å². The first kappa shape index (κ1) is 31.6. The first-order valence-corrected chi connectivity index (χ1v) is 17.2. The number of nitrogens with one attached hydrogen (secondary N) is 2. The van der Waals surface area contributed by atoms with Crippen LogP contribution in [0.1, 0.15) is 81.3 Å². The molecule has 6 rings (SSSR count). The Bertz CT molecular complexity index is 2010. The average molecular weight is 645 g/mol. The van der Waals surface area contributed by atoms with Gasteiger partial charge in [0.2, 0.25) is 0 Å². The summed E-state index contributed by atoms with van der Waals surface area (Å²) in [5.74, 6) is -0.730. The third-order valence-corrected chi connectivity index (χ3v) is 10.4. The number of carboxylic acid groups (broad SMARTS) is 1. The number of ether oxygens (including phenoxy) is 1. The number of hydrogen-bond acceptors (Lipinski definition) is 7. The third kappa shape index (κ3) is 5.71. The zero-order valence-electron chi connectivity index (χ0n) is 26.8. The van der Waals surface area contributed by atoms with E-state index in [1.54, 1.807) is 50.8 Å². The molecule has 1 aliphatic heterocycles. The van der Waals surface area contributed by atoms with Crippen molar-refractivity contribution in [3.8, 4) is 17.0 Å². The Balaban J connectivity index is 1.62. The number of allylic oxidation sites excluding steroid dienone is 1. The fraction of sp³-hybridized carbons (Fsp3) is 0.382. The van der Waals surface area contributed by atoms with Gasteiger partial charge in [-0.3, -0.25) is 19.1 Å². The number of aromatic carboxylic acids is 1. The number of methoxy groups -OCH3 is 1. The first-order valence-electron chi connectivity index (χ1n) is 15.4. The minimum atomic E-state index is -3.39. The Morgan fingerprint density at radius 1 is 1.13 bits per heavy atom. The van der Waals surface area contributed by atoms with Crippen molar-refractivity contribution in [2.24, 2.45) is 7.05 Å². The van der Waals surface area contributed by atoms with E-state index in [2.05, 4.69) is 20.5 Å². The van der Waals surface area contributed by atoms with Gasteiger partial charge in [0.1, 0.15) is 27.1 Å². The molecule has 0 spiro atoms. The molecule has 0 bridgehead atoms. The lowest BCUT2D eigenvalue weighted by Crippen LogP contribution is -2.36. The largest absolute Gasteiger partial charge is 0.497 e. The fourth-order valence-corrected chi connectivity index (χ4v) is 8.42. The van der Waals surface area contributed by atoms with Crippen molar-refractivity contribution in [1.82, 2.24) is 24.0 Å². The molecular formula is C34H40N6O5S. The topological polar surface area (TPSA) is 143 Å². The highest BCUT2D eigenvalue weighted by Crippen LogP contribution is 2.48. The van der Waals surface area contributed by atoms with Crippen LogP contribution in [0.15, 0.2) is 36.4 Å². The van der Waals surface area contributed by atoms with E-state index in [0.29, 0.717) is 35.2 Å². The highest BCUT2D eigenvalue weighted by atomic mass is 32.2. The summed E-state index contributed by atoms with van der Waals surface area (Å²) in [4.78, 5) is 27.5. The van der Waals surface area contributed by atoms with E-state index in [1.165, 1.54) is 12.0 Å². The van der Waals surface area contributed by atoms with Crippen LogP contribution in [-0.4, -0.2) is 67.5 Å². The molecule has 1 atom stereocenters. The molecule has 2 aliphatic rings. The Kier molecular flexibility index (Phi) is 8.28. The van der Waals surface area contributed by atoms with Crippen LogP contribution in [0.2, 0.25) is 0 Å². The first-order chi connectivity index (χ1) is 21.9. The predicted molar refractivity (Wildman–Crippen MR) is 179 cm³/mol. The van der Waals surface area contributed by atoms with E-state index in [4.69, 9.17) is 9.52 Å². The third-order valence-electron chi connectivity index (χ3n) is 8.99. The second kappa shape index (κ2) is 12.1. The SMILES string of the molecule is COc1ccc2c(c1)C=C(c1c(C(=O)O)c(C)nn1C)Cn1c-2c(C2CCCCC2)c2ccc(C(=O)NS(=N)(=O)CN(C)C)cc21. The van der Waals surface area contributed by atoms with Gasteiger partial charge in [0.25, 0.3) is 5.91 Å². The lowest BCUT2D eigenvalue weighted by atomic mass is 9.81. The zero-order chi connectivity index (χ0) is 32.9. The van der Waals surface area contributed by atoms with Gasteiger partial charge >= 0.3 is 5.97 Å².